The Bertz CT molecular complexity index is 74.9. The summed E-state index contributed by atoms with van der Waals surface area (Å²) in [6, 6.07) is 0. The third kappa shape index (κ3) is 0.996. The van der Waals surface area contributed by atoms with Crippen molar-refractivity contribution in [1.82, 2.24) is 0 Å². The van der Waals surface area contributed by atoms with E-state index in [4.69, 9.17) is 4.74 Å². The van der Waals surface area contributed by atoms with Gasteiger partial charge in [0.15, 0.2) is 0 Å². The molecule has 8 heavy (non-hydrogen) atoms. The van der Waals surface area contributed by atoms with Crippen molar-refractivity contribution in [3.63, 3.8) is 0 Å². The van der Waals surface area contributed by atoms with E-state index in [1.807, 2.05) is 6.92 Å². The SMILES string of the molecule is CCCC1OCC1F. The van der Waals surface area contributed by atoms with Crippen LogP contribution in [0.25, 0.3) is 0 Å². The van der Waals surface area contributed by atoms with Crippen molar-refractivity contribution in [2.24, 2.45) is 0 Å². The van der Waals surface area contributed by atoms with Crippen LogP contribution in [0.15, 0.2) is 0 Å². The fraction of sp³-hybridized carbons (Fsp3) is 1.00. The zero-order valence-corrected chi connectivity index (χ0v) is 5.06. The summed E-state index contributed by atoms with van der Waals surface area (Å²) in [6.45, 7) is 2.36. The van der Waals surface area contributed by atoms with Gasteiger partial charge in [-0.25, -0.2) is 4.39 Å². The largest absolute Gasteiger partial charge is 0.372 e. The minimum atomic E-state index is -0.671. The molecule has 1 saturated heterocycles. The third-order valence-corrected chi connectivity index (χ3v) is 1.45. The molecule has 0 bridgehead atoms. The van der Waals surface area contributed by atoms with Gasteiger partial charge in [-0.2, -0.15) is 0 Å². The number of halogens is 1. The molecule has 1 nitrogen and oxygen atoms in total. The molecule has 1 rings (SSSR count). The highest BCUT2D eigenvalue weighted by atomic mass is 19.1. The van der Waals surface area contributed by atoms with E-state index in [2.05, 4.69) is 0 Å². The average molecular weight is 118 g/mol. The van der Waals surface area contributed by atoms with Crippen molar-refractivity contribution in [1.29, 1.82) is 0 Å². The molecular formula is C6H11FO. The van der Waals surface area contributed by atoms with Crippen LogP contribution < -0.4 is 0 Å². The zero-order valence-electron chi connectivity index (χ0n) is 5.06. The maximum atomic E-state index is 12.2. The predicted molar refractivity (Wildman–Crippen MR) is 29.5 cm³/mol. The molecule has 0 saturated carbocycles. The van der Waals surface area contributed by atoms with Gasteiger partial charge in [-0.15, -0.1) is 0 Å². The van der Waals surface area contributed by atoms with Crippen molar-refractivity contribution < 1.29 is 9.13 Å². The Morgan fingerprint density at radius 3 is 2.62 bits per heavy atom. The first-order chi connectivity index (χ1) is 3.84. The number of hydrogen-bond acceptors (Lipinski definition) is 1. The molecular weight excluding hydrogens is 107 g/mol. The van der Waals surface area contributed by atoms with E-state index in [0.29, 0.717) is 6.61 Å². The Balaban J connectivity index is 2.08. The molecule has 0 amide bonds. The Morgan fingerprint density at radius 2 is 2.50 bits per heavy atom. The Hall–Kier alpha value is -0.110. The Labute approximate surface area is 48.8 Å². The highest BCUT2D eigenvalue weighted by Crippen LogP contribution is 2.19. The second kappa shape index (κ2) is 2.44. The predicted octanol–water partition coefficient (Wildman–Crippen LogP) is 1.52. The lowest BCUT2D eigenvalue weighted by molar-refractivity contribution is -0.128. The van der Waals surface area contributed by atoms with Crippen LogP contribution in [0, 0.1) is 0 Å². The van der Waals surface area contributed by atoms with Gasteiger partial charge < -0.3 is 4.74 Å². The molecule has 2 atom stereocenters. The lowest BCUT2D eigenvalue weighted by Gasteiger charge is -2.30. The first-order valence-corrected chi connectivity index (χ1v) is 3.10. The van der Waals surface area contributed by atoms with Crippen LogP contribution >= 0.6 is 0 Å². The topological polar surface area (TPSA) is 9.23 Å². The lowest BCUT2D eigenvalue weighted by atomic mass is 10.1. The summed E-state index contributed by atoms with van der Waals surface area (Å²) in [6.07, 6.45) is 1.15. The van der Waals surface area contributed by atoms with E-state index in [-0.39, 0.29) is 6.10 Å². The number of alkyl halides is 1. The first-order valence-electron chi connectivity index (χ1n) is 3.10. The summed E-state index contributed by atoms with van der Waals surface area (Å²) in [5.41, 5.74) is 0. The van der Waals surface area contributed by atoms with E-state index in [1.54, 1.807) is 0 Å². The van der Waals surface area contributed by atoms with Gasteiger partial charge in [0.1, 0.15) is 6.17 Å². The molecule has 0 aromatic carbocycles. The smallest absolute Gasteiger partial charge is 0.149 e. The molecule has 1 aliphatic heterocycles. The van der Waals surface area contributed by atoms with Crippen LogP contribution in [-0.2, 0) is 4.74 Å². The van der Waals surface area contributed by atoms with Gasteiger partial charge in [0.2, 0.25) is 0 Å². The van der Waals surface area contributed by atoms with Crippen LogP contribution in [0.2, 0.25) is 0 Å². The van der Waals surface area contributed by atoms with Crippen molar-refractivity contribution in [3.8, 4) is 0 Å². The summed E-state index contributed by atoms with van der Waals surface area (Å²) in [7, 11) is 0. The summed E-state index contributed by atoms with van der Waals surface area (Å²) < 4.78 is 17.2. The molecule has 1 fully saturated rings. The van der Waals surface area contributed by atoms with Crippen molar-refractivity contribution in [3.05, 3.63) is 0 Å². The molecule has 1 heterocycles. The second-order valence-corrected chi connectivity index (χ2v) is 2.18. The number of rotatable bonds is 2. The summed E-state index contributed by atoms with van der Waals surface area (Å²) in [5, 5.41) is 0. The second-order valence-electron chi connectivity index (χ2n) is 2.18. The van der Waals surface area contributed by atoms with Crippen LogP contribution in [-0.4, -0.2) is 18.9 Å². The van der Waals surface area contributed by atoms with Gasteiger partial charge in [-0.05, 0) is 6.42 Å². The fourth-order valence-corrected chi connectivity index (χ4v) is 0.854. The van der Waals surface area contributed by atoms with Crippen LogP contribution in [0.4, 0.5) is 4.39 Å². The molecule has 0 aromatic heterocycles. The maximum Gasteiger partial charge on any atom is 0.149 e. The molecule has 48 valence electrons. The van der Waals surface area contributed by atoms with Gasteiger partial charge in [-0.1, -0.05) is 13.3 Å². The molecule has 0 N–H and O–H groups in total. The molecule has 2 heteroatoms. The van der Waals surface area contributed by atoms with Gasteiger partial charge in [0, 0.05) is 0 Å². The number of hydrogen-bond donors (Lipinski definition) is 0. The van der Waals surface area contributed by atoms with Gasteiger partial charge in [-0.3, -0.25) is 0 Å². The fourth-order valence-electron chi connectivity index (χ4n) is 0.854. The molecule has 0 aliphatic carbocycles. The first kappa shape index (κ1) is 6.02. The van der Waals surface area contributed by atoms with Gasteiger partial charge in [0.25, 0.3) is 0 Å². The molecule has 0 spiro atoms. The van der Waals surface area contributed by atoms with E-state index in [0.717, 1.165) is 12.8 Å². The monoisotopic (exact) mass is 118 g/mol. The van der Waals surface area contributed by atoms with E-state index < -0.39 is 6.17 Å². The van der Waals surface area contributed by atoms with Crippen LogP contribution in [0.3, 0.4) is 0 Å². The molecule has 0 aromatic rings. The van der Waals surface area contributed by atoms with Gasteiger partial charge >= 0.3 is 0 Å². The summed E-state index contributed by atoms with van der Waals surface area (Å²) >= 11 is 0. The highest BCUT2D eigenvalue weighted by molar-refractivity contribution is 4.77. The Kier molecular flexibility index (Phi) is 1.84. The van der Waals surface area contributed by atoms with Crippen LogP contribution in [0.1, 0.15) is 19.8 Å². The minimum Gasteiger partial charge on any atom is -0.372 e. The third-order valence-electron chi connectivity index (χ3n) is 1.45. The standard InChI is InChI=1S/C6H11FO/c1-2-3-6-5(7)4-8-6/h5-6H,2-4H2,1H3. The maximum absolute atomic E-state index is 12.2. The van der Waals surface area contributed by atoms with Crippen molar-refractivity contribution >= 4 is 0 Å². The minimum absolute atomic E-state index is 0.0694. The van der Waals surface area contributed by atoms with Crippen molar-refractivity contribution in [2.75, 3.05) is 6.61 Å². The van der Waals surface area contributed by atoms with Gasteiger partial charge in [0.05, 0.1) is 12.7 Å². The van der Waals surface area contributed by atoms with E-state index in [1.165, 1.54) is 0 Å². The molecule has 2 unspecified atom stereocenters. The quantitative estimate of drug-likeness (QED) is 0.534. The van der Waals surface area contributed by atoms with E-state index in [9.17, 15) is 4.39 Å². The average Bonchev–Trinajstić information content (AvgIpc) is 1.79. The Morgan fingerprint density at radius 1 is 1.75 bits per heavy atom. The van der Waals surface area contributed by atoms with E-state index >= 15 is 0 Å². The summed E-state index contributed by atoms with van der Waals surface area (Å²) in [4.78, 5) is 0. The lowest BCUT2D eigenvalue weighted by Crippen LogP contribution is -2.41. The summed E-state index contributed by atoms with van der Waals surface area (Å²) in [5.74, 6) is 0. The van der Waals surface area contributed by atoms with Crippen molar-refractivity contribution in [2.45, 2.75) is 32.0 Å². The highest BCUT2D eigenvalue weighted by Gasteiger charge is 2.30. The number of ether oxygens (including phenoxy) is 1. The normalized spacial score (nSPS) is 36.8. The van der Waals surface area contributed by atoms with Crippen LogP contribution in [0.5, 0.6) is 0 Å². The molecule has 1 aliphatic rings. The zero-order chi connectivity index (χ0) is 5.98. The molecule has 0 radical (unpaired) electrons.